The van der Waals surface area contributed by atoms with Gasteiger partial charge in [-0.05, 0) is 50.4 Å². The Morgan fingerprint density at radius 2 is 1.86 bits per heavy atom. The third kappa shape index (κ3) is 4.41. The minimum Gasteiger partial charge on any atom is -0.350 e. The summed E-state index contributed by atoms with van der Waals surface area (Å²) in [6.45, 7) is 7.12. The van der Waals surface area contributed by atoms with Gasteiger partial charge in [-0.1, -0.05) is 18.2 Å². The Hall–Kier alpha value is -1.85. The van der Waals surface area contributed by atoms with E-state index in [1.807, 2.05) is 0 Å². The van der Waals surface area contributed by atoms with E-state index in [1.54, 1.807) is 0 Å². The average Bonchev–Trinajstić information content (AvgIpc) is 3.03. The second kappa shape index (κ2) is 8.66. The van der Waals surface area contributed by atoms with E-state index in [-0.39, 0.29) is 0 Å². The van der Waals surface area contributed by atoms with Gasteiger partial charge in [0.1, 0.15) is 0 Å². The van der Waals surface area contributed by atoms with Gasteiger partial charge in [-0.15, -0.1) is 0 Å². The molecule has 0 spiro atoms. The molecule has 1 atom stereocenters. The summed E-state index contributed by atoms with van der Waals surface area (Å²) in [7, 11) is 4.27. The molecule has 2 aromatic rings. The van der Waals surface area contributed by atoms with E-state index in [9.17, 15) is 4.79 Å². The molecule has 2 aliphatic heterocycles. The van der Waals surface area contributed by atoms with Crippen LogP contribution < -0.4 is 0 Å². The number of likely N-dealkylation sites (N-methyl/N-ethyl adjacent to an activating group) is 1. The Morgan fingerprint density at radius 3 is 2.68 bits per heavy atom. The van der Waals surface area contributed by atoms with Gasteiger partial charge in [0.15, 0.2) is 0 Å². The number of rotatable bonds is 5. The Balaban J connectivity index is 1.30. The zero-order valence-electron chi connectivity index (χ0n) is 17.4. The summed E-state index contributed by atoms with van der Waals surface area (Å²) >= 11 is 0. The second-order valence-electron chi connectivity index (χ2n) is 8.75. The molecule has 2 aliphatic rings. The molecular weight excluding hydrogens is 348 g/mol. The first-order valence-electron chi connectivity index (χ1n) is 10.8. The number of carbonyl (C=O) groups excluding carboxylic acids is 1. The van der Waals surface area contributed by atoms with Crippen molar-refractivity contribution >= 4 is 16.8 Å². The third-order valence-corrected chi connectivity index (χ3v) is 6.60. The van der Waals surface area contributed by atoms with Gasteiger partial charge in [-0.2, -0.15) is 0 Å². The minimum atomic E-state index is 0.360. The van der Waals surface area contributed by atoms with Gasteiger partial charge >= 0.3 is 0 Å². The highest BCUT2D eigenvalue weighted by Gasteiger charge is 2.24. The topological polar surface area (TPSA) is 31.7 Å². The fourth-order valence-corrected chi connectivity index (χ4v) is 4.86. The van der Waals surface area contributed by atoms with E-state index in [1.165, 1.54) is 35.9 Å². The summed E-state index contributed by atoms with van der Waals surface area (Å²) in [5.74, 6) is 1.01. The minimum absolute atomic E-state index is 0.360. The van der Waals surface area contributed by atoms with Crippen LogP contribution in [0.2, 0.25) is 0 Å². The molecule has 0 radical (unpaired) electrons. The van der Waals surface area contributed by atoms with Gasteiger partial charge in [0, 0.05) is 69.8 Å². The zero-order chi connectivity index (χ0) is 19.5. The lowest BCUT2D eigenvalue weighted by molar-refractivity contribution is -0.133. The van der Waals surface area contributed by atoms with E-state index < -0.39 is 0 Å². The normalized spacial score (nSPS) is 22.1. The number of para-hydroxylation sites is 1. The van der Waals surface area contributed by atoms with Gasteiger partial charge in [0.25, 0.3) is 0 Å². The molecule has 2 fully saturated rings. The second-order valence-corrected chi connectivity index (χ2v) is 8.75. The maximum atomic E-state index is 12.6. The lowest BCUT2D eigenvalue weighted by atomic mass is 9.92. The number of carbonyl (C=O) groups is 1. The van der Waals surface area contributed by atoms with E-state index in [0.29, 0.717) is 11.8 Å². The van der Waals surface area contributed by atoms with E-state index >= 15 is 0 Å². The van der Waals surface area contributed by atoms with Crippen LogP contribution in [0, 0.1) is 5.92 Å². The van der Waals surface area contributed by atoms with Gasteiger partial charge < -0.3 is 14.4 Å². The number of likely N-dealkylation sites (tertiary alicyclic amines) is 1. The number of aryl methyl sites for hydroxylation is 1. The number of nitrogens with zero attached hydrogens (tertiary/aromatic N) is 4. The summed E-state index contributed by atoms with van der Waals surface area (Å²) in [6, 6.07) is 8.68. The van der Waals surface area contributed by atoms with Crippen LogP contribution in [-0.4, -0.2) is 71.5 Å². The number of hydrogen-bond donors (Lipinski definition) is 0. The van der Waals surface area contributed by atoms with E-state index in [0.717, 1.165) is 52.1 Å². The monoisotopic (exact) mass is 382 g/mol. The van der Waals surface area contributed by atoms with Crippen LogP contribution in [-0.2, 0) is 18.4 Å². The Bertz CT molecular complexity index is 806. The first-order valence-corrected chi connectivity index (χ1v) is 10.8. The van der Waals surface area contributed by atoms with Crippen LogP contribution in [0.3, 0.4) is 0 Å². The maximum Gasteiger partial charge on any atom is 0.222 e. The SMILES string of the molecule is CN1CCN(C(=O)CCC2CCCN(Cc3cn(C)c4ccccc34)C2)CC1. The molecule has 0 N–H and O–H groups in total. The summed E-state index contributed by atoms with van der Waals surface area (Å²) in [4.78, 5) is 19.5. The number of piperazine rings is 1. The average molecular weight is 383 g/mol. The number of amides is 1. The third-order valence-electron chi connectivity index (χ3n) is 6.60. The molecule has 5 nitrogen and oxygen atoms in total. The van der Waals surface area contributed by atoms with Crippen LogP contribution in [0.4, 0.5) is 0 Å². The summed E-state index contributed by atoms with van der Waals surface area (Å²) < 4.78 is 2.24. The van der Waals surface area contributed by atoms with Gasteiger partial charge in [-0.25, -0.2) is 0 Å². The smallest absolute Gasteiger partial charge is 0.222 e. The first-order chi connectivity index (χ1) is 13.6. The Labute approximate surface area is 168 Å². The Kier molecular flexibility index (Phi) is 6.02. The Morgan fingerprint density at radius 1 is 1.07 bits per heavy atom. The van der Waals surface area contributed by atoms with E-state index in [2.05, 4.69) is 63.8 Å². The van der Waals surface area contributed by atoms with Gasteiger partial charge in [0.05, 0.1) is 0 Å². The van der Waals surface area contributed by atoms with Crippen LogP contribution >= 0.6 is 0 Å². The first kappa shape index (κ1) is 19.5. The summed E-state index contributed by atoms with van der Waals surface area (Å²) in [5.41, 5.74) is 2.73. The zero-order valence-corrected chi connectivity index (χ0v) is 17.4. The predicted molar refractivity (Wildman–Crippen MR) is 114 cm³/mol. The molecule has 1 amide bonds. The van der Waals surface area contributed by atoms with Crippen LogP contribution in [0.1, 0.15) is 31.2 Å². The summed E-state index contributed by atoms with van der Waals surface area (Å²) in [5, 5.41) is 1.37. The predicted octanol–water partition coefficient (Wildman–Crippen LogP) is 2.94. The standard InChI is InChI=1S/C23H34N4O/c1-24-12-14-27(15-13-24)23(28)10-9-19-6-5-11-26(16-19)18-20-17-25(2)22-8-4-3-7-21(20)22/h3-4,7-8,17,19H,5-6,9-16,18H2,1-2H3. The van der Waals surface area contributed by atoms with Crippen molar-refractivity contribution in [1.82, 2.24) is 19.3 Å². The number of fused-ring (bicyclic) bond motifs is 1. The maximum absolute atomic E-state index is 12.6. The molecule has 0 bridgehead atoms. The number of piperidine rings is 1. The molecule has 0 saturated carbocycles. The molecule has 28 heavy (non-hydrogen) atoms. The number of hydrogen-bond acceptors (Lipinski definition) is 3. The molecule has 0 aliphatic carbocycles. The van der Waals surface area contributed by atoms with Gasteiger partial charge in [-0.3, -0.25) is 9.69 Å². The summed E-state index contributed by atoms with van der Waals surface area (Å²) in [6.07, 6.45) is 6.55. The van der Waals surface area contributed by atoms with Crippen molar-refractivity contribution in [3.8, 4) is 0 Å². The quantitative estimate of drug-likeness (QED) is 0.797. The number of aromatic nitrogens is 1. The highest BCUT2D eigenvalue weighted by atomic mass is 16.2. The molecule has 3 heterocycles. The molecule has 4 rings (SSSR count). The highest BCUT2D eigenvalue weighted by Crippen LogP contribution is 2.26. The molecule has 1 aromatic carbocycles. The van der Waals surface area contributed by atoms with Crippen LogP contribution in [0.5, 0.6) is 0 Å². The molecular formula is C23H34N4O. The van der Waals surface area contributed by atoms with Crippen molar-refractivity contribution in [2.45, 2.75) is 32.2 Å². The fraction of sp³-hybridized carbons (Fsp3) is 0.609. The molecule has 152 valence electrons. The van der Waals surface area contributed by atoms with Crippen LogP contribution in [0.25, 0.3) is 10.9 Å². The molecule has 2 saturated heterocycles. The molecule has 5 heteroatoms. The largest absolute Gasteiger partial charge is 0.350 e. The van der Waals surface area contributed by atoms with Crippen molar-refractivity contribution in [2.24, 2.45) is 13.0 Å². The highest BCUT2D eigenvalue weighted by molar-refractivity contribution is 5.83. The molecule has 1 aromatic heterocycles. The lowest BCUT2D eigenvalue weighted by Crippen LogP contribution is -2.47. The van der Waals surface area contributed by atoms with E-state index in [4.69, 9.17) is 0 Å². The molecule has 1 unspecified atom stereocenters. The fourth-order valence-electron chi connectivity index (χ4n) is 4.86. The number of benzene rings is 1. The van der Waals surface area contributed by atoms with Crippen LogP contribution in [0.15, 0.2) is 30.5 Å². The van der Waals surface area contributed by atoms with Gasteiger partial charge in [0.2, 0.25) is 5.91 Å². The van der Waals surface area contributed by atoms with Crippen molar-refractivity contribution in [2.75, 3.05) is 46.3 Å². The van der Waals surface area contributed by atoms with Crippen molar-refractivity contribution in [3.63, 3.8) is 0 Å². The van der Waals surface area contributed by atoms with Crippen molar-refractivity contribution in [3.05, 3.63) is 36.0 Å². The lowest BCUT2D eigenvalue weighted by Gasteiger charge is -2.34. The van der Waals surface area contributed by atoms with Crippen molar-refractivity contribution < 1.29 is 4.79 Å². The van der Waals surface area contributed by atoms with Crippen molar-refractivity contribution in [1.29, 1.82) is 0 Å².